The quantitative estimate of drug-likeness (QED) is 0.158. The van der Waals surface area contributed by atoms with Crippen molar-refractivity contribution < 1.29 is 0 Å². The van der Waals surface area contributed by atoms with Crippen LogP contribution in [0.4, 0.5) is 0 Å². The number of nitrogens with zero attached hydrogens (tertiary/aromatic N) is 6. The van der Waals surface area contributed by atoms with E-state index in [0.717, 1.165) is 67.3 Å². The van der Waals surface area contributed by atoms with Crippen LogP contribution in [0, 0.1) is 0 Å². The van der Waals surface area contributed by atoms with Crippen LogP contribution in [0.3, 0.4) is 0 Å². The average molecular weight is 1540 g/mol. The Hall–Kier alpha value is -14.8. The molecule has 0 saturated heterocycles. The van der Waals surface area contributed by atoms with Crippen LogP contribution >= 0.6 is 22.7 Å². The Morgan fingerprint density at radius 1 is 0.195 bits per heavy atom. The molecular formula is C110H66N6S2. The molecule has 6 heterocycles. The van der Waals surface area contributed by atoms with Crippen molar-refractivity contribution in [3.8, 4) is 146 Å². The lowest BCUT2D eigenvalue weighted by atomic mass is 9.65. The average Bonchev–Trinajstić information content (AvgIpc) is 1.51. The number of hydrogen-bond donors (Lipinski definition) is 0. The van der Waals surface area contributed by atoms with Crippen LogP contribution in [0.15, 0.2) is 401 Å². The number of hydrogen-bond acceptors (Lipinski definition) is 8. The normalized spacial score (nSPS) is 14.7. The van der Waals surface area contributed by atoms with Gasteiger partial charge in [-0.15, -0.1) is 22.7 Å². The number of fused-ring (bicyclic) bond motifs is 32. The molecule has 2 spiro atoms. The van der Waals surface area contributed by atoms with Crippen molar-refractivity contribution in [2.75, 3.05) is 0 Å². The molecule has 0 N–H and O–H groups in total. The Kier molecular flexibility index (Phi) is 15.4. The second-order valence-corrected chi connectivity index (χ2v) is 33.0. The van der Waals surface area contributed by atoms with Crippen molar-refractivity contribution in [3.63, 3.8) is 0 Å². The van der Waals surface area contributed by atoms with Crippen LogP contribution in [0.25, 0.3) is 186 Å². The fraction of sp³-hybridized carbons (Fsp3) is 0.0182. The second kappa shape index (κ2) is 26.9. The monoisotopic (exact) mass is 1530 g/mol. The molecule has 0 radical (unpaired) electrons. The van der Waals surface area contributed by atoms with Crippen molar-refractivity contribution in [1.82, 2.24) is 29.9 Å². The zero-order valence-corrected chi connectivity index (χ0v) is 65.2. The second-order valence-electron chi connectivity index (χ2n) is 30.9. The molecule has 6 nitrogen and oxygen atoms in total. The summed E-state index contributed by atoms with van der Waals surface area (Å²) in [5.74, 6) is 1.37. The molecule has 4 aliphatic carbocycles. The van der Waals surface area contributed by atoms with Crippen molar-refractivity contribution in [2.45, 2.75) is 10.8 Å². The molecule has 21 aromatic rings. The zero-order valence-electron chi connectivity index (χ0n) is 63.6. The van der Waals surface area contributed by atoms with Gasteiger partial charge in [0.05, 0.1) is 33.6 Å². The molecule has 15 aromatic carbocycles. The van der Waals surface area contributed by atoms with Gasteiger partial charge in [-0.3, -0.25) is 9.97 Å². The van der Waals surface area contributed by atoms with Crippen molar-refractivity contribution in [1.29, 1.82) is 0 Å². The van der Waals surface area contributed by atoms with Crippen LogP contribution < -0.4 is 0 Å². The summed E-state index contributed by atoms with van der Waals surface area (Å²) < 4.78 is 5.31. The van der Waals surface area contributed by atoms with Crippen LogP contribution in [0.1, 0.15) is 44.5 Å². The minimum atomic E-state index is -0.627. The molecule has 0 bridgehead atoms. The maximum Gasteiger partial charge on any atom is 0.160 e. The van der Waals surface area contributed by atoms with Crippen LogP contribution in [-0.2, 0) is 10.8 Å². The first kappa shape index (κ1) is 67.7. The summed E-state index contributed by atoms with van der Waals surface area (Å²) in [5, 5.41) is 5.25. The van der Waals surface area contributed by atoms with Gasteiger partial charge in [-0.25, -0.2) is 19.9 Å². The number of aromatic nitrogens is 6. The lowest BCUT2D eigenvalue weighted by Gasteiger charge is -2.35. The van der Waals surface area contributed by atoms with E-state index in [1.54, 1.807) is 12.4 Å². The number of benzene rings is 15. The molecule has 0 amide bonds. The maximum atomic E-state index is 5.41. The first-order chi connectivity index (χ1) is 58.5. The van der Waals surface area contributed by atoms with Gasteiger partial charge in [-0.05, 0) is 166 Å². The molecule has 2 atom stereocenters. The lowest BCUT2D eigenvalue weighted by Crippen LogP contribution is -2.29. The minimum absolute atomic E-state index is 0.612. The van der Waals surface area contributed by atoms with Crippen molar-refractivity contribution >= 4 is 63.0 Å². The number of pyridine rings is 2. The summed E-state index contributed by atoms with van der Waals surface area (Å²) in [7, 11) is 0. The van der Waals surface area contributed by atoms with E-state index in [1.165, 1.54) is 152 Å². The molecule has 2 unspecified atom stereocenters. The molecule has 6 aromatic heterocycles. The van der Waals surface area contributed by atoms with Gasteiger partial charge in [0.25, 0.3) is 0 Å². The van der Waals surface area contributed by atoms with E-state index >= 15 is 0 Å². The van der Waals surface area contributed by atoms with E-state index in [2.05, 4.69) is 356 Å². The van der Waals surface area contributed by atoms with Gasteiger partial charge in [0.15, 0.2) is 11.6 Å². The molecule has 548 valence electrons. The largest absolute Gasteiger partial charge is 0.264 e. The van der Waals surface area contributed by atoms with Crippen LogP contribution in [0.2, 0.25) is 0 Å². The summed E-state index contributed by atoms with van der Waals surface area (Å²) in [6.07, 6.45) is 7.38. The minimum Gasteiger partial charge on any atom is -0.264 e. The summed E-state index contributed by atoms with van der Waals surface area (Å²) in [5.41, 5.74) is 35.9. The maximum absolute atomic E-state index is 5.41. The first-order valence-electron chi connectivity index (χ1n) is 40.1. The van der Waals surface area contributed by atoms with Gasteiger partial charge in [-0.1, -0.05) is 322 Å². The highest BCUT2D eigenvalue weighted by Gasteiger charge is 2.53. The highest BCUT2D eigenvalue weighted by Crippen LogP contribution is 2.66. The van der Waals surface area contributed by atoms with E-state index in [4.69, 9.17) is 19.9 Å². The Morgan fingerprint density at radius 3 is 0.975 bits per heavy atom. The highest BCUT2D eigenvalue weighted by atomic mass is 32.1. The molecule has 4 aliphatic rings. The van der Waals surface area contributed by atoms with Gasteiger partial charge in [0.1, 0.15) is 0 Å². The van der Waals surface area contributed by atoms with E-state index in [0.29, 0.717) is 11.6 Å². The number of rotatable bonds is 7. The lowest BCUT2D eigenvalue weighted by molar-refractivity contribution is 0.776. The third-order valence-corrected chi connectivity index (χ3v) is 27.3. The van der Waals surface area contributed by atoms with E-state index in [-0.39, 0.29) is 0 Å². The zero-order chi connectivity index (χ0) is 77.6. The molecule has 25 rings (SSSR count). The summed E-state index contributed by atoms with van der Waals surface area (Å²) in [6.45, 7) is 0. The van der Waals surface area contributed by atoms with Crippen LogP contribution in [0.5, 0.6) is 0 Å². The van der Waals surface area contributed by atoms with E-state index in [1.807, 2.05) is 65.4 Å². The van der Waals surface area contributed by atoms with Crippen molar-refractivity contribution in [2.24, 2.45) is 0 Å². The molecule has 8 heteroatoms. The molecule has 0 fully saturated rings. The highest BCUT2D eigenvalue weighted by molar-refractivity contribution is 7.26. The Bertz CT molecular complexity index is 7630. The molecular weight excluding hydrogens is 1470 g/mol. The van der Waals surface area contributed by atoms with Gasteiger partial charge in [0.2, 0.25) is 0 Å². The predicted octanol–water partition coefficient (Wildman–Crippen LogP) is 28.2. The summed E-state index contributed by atoms with van der Waals surface area (Å²) >= 11 is 3.82. The van der Waals surface area contributed by atoms with Gasteiger partial charge in [-0.2, -0.15) is 0 Å². The standard InChI is InChI=1S/C58H35N3S.C52H31N3S/c1-2-13-37(14-3-1)52-34-53(61-57(60-52)38-26-24-36(25-27-38)40-15-12-32-59-35-40)39-28-29-44-42-17-5-4-16-41(42)43-18-6-9-21-48(43)58(51(44)33-39)49-22-10-7-20-47(49)55-50(58)31-30-46-45-19-8-11-23-54(45)62-56(46)55;1-2-13-32(14-3-1)51-54-46(30-47(55-51)34-15-12-28-53-31-34)33-24-25-38-36-17-5-4-16-35(36)37-18-6-9-21-42(37)52(45(38)29-33)43-22-10-7-20-41(43)49-44(52)27-26-40-39-19-8-11-23-48(39)56-50(40)49/h1-35H;1-31H. The fourth-order valence-electron chi connectivity index (χ4n) is 19.8. The Labute approximate surface area is 689 Å². The molecule has 118 heavy (non-hydrogen) atoms. The van der Waals surface area contributed by atoms with E-state index < -0.39 is 10.8 Å². The molecule has 0 aliphatic heterocycles. The number of thiophene rings is 2. The van der Waals surface area contributed by atoms with Crippen molar-refractivity contribution in [3.05, 3.63) is 445 Å². The first-order valence-corrected chi connectivity index (χ1v) is 41.7. The molecule has 0 saturated carbocycles. The van der Waals surface area contributed by atoms with E-state index in [9.17, 15) is 0 Å². The fourth-order valence-corrected chi connectivity index (χ4v) is 22.4. The smallest absolute Gasteiger partial charge is 0.160 e. The third kappa shape index (κ3) is 10.2. The topological polar surface area (TPSA) is 77.3 Å². The third-order valence-electron chi connectivity index (χ3n) is 24.9. The van der Waals surface area contributed by atoms with Crippen LogP contribution in [-0.4, -0.2) is 29.9 Å². The van der Waals surface area contributed by atoms with Gasteiger partial charge >= 0.3 is 0 Å². The SMILES string of the molecule is c1ccc(-c2cc(-c3ccc4c(c3)C3(c5ccccc5-c5ccccc5-4)c4ccccc4-c4c3ccc3c4sc4ccccc43)nc(-c3ccc(-c4cccnc4)cc3)n2)cc1.c1ccc(-c2nc(-c3cccnc3)cc(-c3ccc4c(c3)C3(c5ccccc5-c5ccccc5-4)c4ccccc4-c4c3ccc3c4sc4ccccc43)n2)cc1. The predicted molar refractivity (Wildman–Crippen MR) is 487 cm³/mol. The van der Waals surface area contributed by atoms with Gasteiger partial charge in [0, 0.05) is 110 Å². The Balaban J connectivity index is 0.000000135. The van der Waals surface area contributed by atoms with Gasteiger partial charge < -0.3 is 0 Å². The summed E-state index contributed by atoms with van der Waals surface area (Å²) in [4.78, 5) is 29.8. The summed E-state index contributed by atoms with van der Waals surface area (Å²) in [6, 6.07) is 137. The Morgan fingerprint density at radius 2 is 0.525 bits per heavy atom.